The van der Waals surface area contributed by atoms with Crippen LogP contribution in [0.5, 0.6) is 0 Å². The fourth-order valence-corrected chi connectivity index (χ4v) is 4.17. The summed E-state index contributed by atoms with van der Waals surface area (Å²) in [6, 6.07) is 1.34. The van der Waals surface area contributed by atoms with Crippen LogP contribution in [0, 0.1) is 12.3 Å². The zero-order chi connectivity index (χ0) is 13.6. The van der Waals surface area contributed by atoms with Crippen molar-refractivity contribution in [3.8, 4) is 0 Å². The van der Waals surface area contributed by atoms with E-state index in [2.05, 4.69) is 12.2 Å². The number of halogens is 1. The lowest BCUT2D eigenvalue weighted by Crippen LogP contribution is -2.28. The zero-order valence-electron chi connectivity index (χ0n) is 10.1. The molecule has 1 aromatic rings. The fraction of sp³-hybridized carbons (Fsp3) is 0.545. The molecule has 0 saturated heterocycles. The summed E-state index contributed by atoms with van der Waals surface area (Å²) in [5.74, 6) is -0.234. The molecule has 0 unspecified atom stereocenters. The Balaban J connectivity index is 2.11. The number of hydrogen-bond acceptors (Lipinski definition) is 4. The van der Waals surface area contributed by atoms with E-state index in [9.17, 15) is 13.2 Å². The van der Waals surface area contributed by atoms with E-state index >= 15 is 0 Å². The maximum absolute atomic E-state index is 11.9. The van der Waals surface area contributed by atoms with E-state index in [0.717, 1.165) is 24.2 Å². The van der Waals surface area contributed by atoms with Crippen molar-refractivity contribution in [3.05, 3.63) is 15.8 Å². The highest BCUT2D eigenvalue weighted by Crippen LogP contribution is 2.44. The molecule has 0 aliphatic heterocycles. The highest BCUT2D eigenvalue weighted by molar-refractivity contribution is 8.13. The number of amides is 1. The second kappa shape index (κ2) is 4.51. The molecular weight excluding hydrogens is 294 g/mol. The van der Waals surface area contributed by atoms with Gasteiger partial charge < -0.3 is 5.32 Å². The Morgan fingerprint density at radius 2 is 2.17 bits per heavy atom. The van der Waals surface area contributed by atoms with Crippen molar-refractivity contribution in [3.63, 3.8) is 0 Å². The molecule has 1 saturated carbocycles. The molecule has 2 rings (SSSR count). The van der Waals surface area contributed by atoms with Crippen LogP contribution in [0.3, 0.4) is 0 Å². The maximum Gasteiger partial charge on any atom is 0.262 e. The van der Waals surface area contributed by atoms with Crippen molar-refractivity contribution in [1.29, 1.82) is 0 Å². The van der Waals surface area contributed by atoms with E-state index in [0.29, 0.717) is 16.3 Å². The van der Waals surface area contributed by atoms with Crippen LogP contribution >= 0.6 is 22.0 Å². The van der Waals surface area contributed by atoms with Crippen LogP contribution in [-0.2, 0) is 9.05 Å². The van der Waals surface area contributed by atoms with E-state index in [1.165, 1.54) is 6.07 Å². The summed E-state index contributed by atoms with van der Waals surface area (Å²) in [6.45, 7) is 4.38. The van der Waals surface area contributed by atoms with Crippen molar-refractivity contribution < 1.29 is 13.2 Å². The van der Waals surface area contributed by atoms with Crippen molar-refractivity contribution in [1.82, 2.24) is 5.32 Å². The van der Waals surface area contributed by atoms with Gasteiger partial charge in [0.05, 0.1) is 9.77 Å². The zero-order valence-corrected chi connectivity index (χ0v) is 12.5. The quantitative estimate of drug-likeness (QED) is 0.869. The molecule has 0 bridgehead atoms. The van der Waals surface area contributed by atoms with E-state index in [1.807, 2.05) is 0 Å². The maximum atomic E-state index is 11.9. The van der Waals surface area contributed by atoms with Gasteiger partial charge in [-0.3, -0.25) is 4.79 Å². The highest BCUT2D eigenvalue weighted by atomic mass is 35.7. The van der Waals surface area contributed by atoms with Crippen LogP contribution in [0.2, 0.25) is 0 Å². The molecular formula is C11H14ClNO3S2. The number of rotatable bonds is 4. The summed E-state index contributed by atoms with van der Waals surface area (Å²) in [6.07, 6.45) is 2.25. The second-order valence-electron chi connectivity index (χ2n) is 4.96. The molecule has 0 aromatic carbocycles. The molecule has 1 fully saturated rings. The van der Waals surface area contributed by atoms with E-state index in [4.69, 9.17) is 10.7 Å². The van der Waals surface area contributed by atoms with Gasteiger partial charge >= 0.3 is 0 Å². The predicted octanol–water partition coefficient (Wildman–Crippen LogP) is 2.51. The Labute approximate surface area is 115 Å². The summed E-state index contributed by atoms with van der Waals surface area (Å²) in [7, 11) is 1.51. The topological polar surface area (TPSA) is 63.2 Å². The van der Waals surface area contributed by atoms with Crippen LogP contribution in [0.25, 0.3) is 0 Å². The molecule has 0 radical (unpaired) electrons. The van der Waals surface area contributed by atoms with Gasteiger partial charge in [-0.1, -0.05) is 6.92 Å². The van der Waals surface area contributed by atoms with Crippen LogP contribution in [-0.4, -0.2) is 20.9 Å². The Hall–Kier alpha value is -0.590. The van der Waals surface area contributed by atoms with Gasteiger partial charge in [-0.05, 0) is 31.2 Å². The van der Waals surface area contributed by atoms with Crippen molar-refractivity contribution >= 4 is 37.0 Å². The number of aryl methyl sites for hydroxylation is 1. The van der Waals surface area contributed by atoms with Gasteiger partial charge in [0.1, 0.15) is 0 Å². The van der Waals surface area contributed by atoms with Gasteiger partial charge in [0.2, 0.25) is 0 Å². The number of hydrogen-bond donors (Lipinski definition) is 1. The third-order valence-corrected chi connectivity index (χ3v) is 5.76. The number of carbonyl (C=O) groups is 1. The fourth-order valence-electron chi connectivity index (χ4n) is 1.59. The standard InChI is InChI=1S/C11H14ClNO3S2/c1-7-9(18(12,15)16)5-8(17-7)10(14)13-6-11(2)3-4-11/h5H,3-4,6H2,1-2H3,(H,13,14). The third kappa shape index (κ3) is 3.05. The first-order valence-electron chi connectivity index (χ1n) is 5.55. The lowest BCUT2D eigenvalue weighted by Gasteiger charge is -2.08. The second-order valence-corrected chi connectivity index (χ2v) is 8.75. The normalized spacial score (nSPS) is 17.5. The van der Waals surface area contributed by atoms with Crippen LogP contribution in [0.1, 0.15) is 34.3 Å². The first-order chi connectivity index (χ1) is 8.21. The van der Waals surface area contributed by atoms with Crippen molar-refractivity contribution in [2.45, 2.75) is 31.6 Å². The van der Waals surface area contributed by atoms with Gasteiger partial charge in [0, 0.05) is 22.1 Å². The van der Waals surface area contributed by atoms with Gasteiger partial charge in [-0.15, -0.1) is 11.3 Å². The lowest BCUT2D eigenvalue weighted by atomic mass is 10.1. The van der Waals surface area contributed by atoms with Gasteiger partial charge in [-0.25, -0.2) is 8.42 Å². The van der Waals surface area contributed by atoms with Crippen LogP contribution < -0.4 is 5.32 Å². The average molecular weight is 308 g/mol. The molecule has 1 amide bonds. The first-order valence-corrected chi connectivity index (χ1v) is 8.67. The SMILES string of the molecule is Cc1sc(C(=O)NCC2(C)CC2)cc1S(=O)(=O)Cl. The molecule has 4 nitrogen and oxygen atoms in total. The Bertz CT molecular complexity index is 587. The Morgan fingerprint density at radius 1 is 1.56 bits per heavy atom. The number of carbonyl (C=O) groups excluding carboxylic acids is 1. The summed E-state index contributed by atoms with van der Waals surface area (Å²) < 4.78 is 22.5. The Kier molecular flexibility index (Phi) is 3.46. The van der Waals surface area contributed by atoms with E-state index < -0.39 is 9.05 Å². The summed E-state index contributed by atoms with van der Waals surface area (Å²) in [4.78, 5) is 12.8. The minimum absolute atomic E-state index is 0.0250. The average Bonchev–Trinajstić information content (AvgIpc) is 2.83. The third-order valence-electron chi connectivity index (χ3n) is 3.14. The van der Waals surface area contributed by atoms with Crippen LogP contribution in [0.4, 0.5) is 0 Å². The molecule has 1 aromatic heterocycles. The lowest BCUT2D eigenvalue weighted by molar-refractivity contribution is 0.0950. The molecule has 1 aliphatic rings. The predicted molar refractivity (Wildman–Crippen MR) is 71.8 cm³/mol. The summed E-state index contributed by atoms with van der Waals surface area (Å²) in [5.41, 5.74) is 0.226. The van der Waals surface area contributed by atoms with Crippen LogP contribution in [0.15, 0.2) is 11.0 Å². The first kappa shape index (κ1) is 13.8. The summed E-state index contributed by atoms with van der Waals surface area (Å²) in [5, 5.41) is 2.83. The molecule has 1 heterocycles. The summed E-state index contributed by atoms with van der Waals surface area (Å²) >= 11 is 1.14. The molecule has 18 heavy (non-hydrogen) atoms. The van der Waals surface area contributed by atoms with Crippen molar-refractivity contribution in [2.75, 3.05) is 6.54 Å². The number of nitrogens with one attached hydrogen (secondary N) is 1. The molecule has 1 aliphatic carbocycles. The smallest absolute Gasteiger partial charge is 0.262 e. The van der Waals surface area contributed by atoms with E-state index in [-0.39, 0.29) is 16.2 Å². The molecule has 0 atom stereocenters. The number of thiophene rings is 1. The largest absolute Gasteiger partial charge is 0.351 e. The van der Waals surface area contributed by atoms with E-state index in [1.54, 1.807) is 6.92 Å². The van der Waals surface area contributed by atoms with Crippen molar-refractivity contribution in [2.24, 2.45) is 5.41 Å². The highest BCUT2D eigenvalue weighted by Gasteiger charge is 2.37. The minimum atomic E-state index is -3.77. The molecule has 0 spiro atoms. The monoisotopic (exact) mass is 307 g/mol. The molecule has 100 valence electrons. The van der Waals surface area contributed by atoms with Gasteiger partial charge in [0.15, 0.2) is 0 Å². The Morgan fingerprint density at radius 3 is 2.61 bits per heavy atom. The molecule has 1 N–H and O–H groups in total. The molecule has 7 heteroatoms. The van der Waals surface area contributed by atoms with Gasteiger partial charge in [-0.2, -0.15) is 0 Å². The van der Waals surface area contributed by atoms with Gasteiger partial charge in [0.25, 0.3) is 15.0 Å². The minimum Gasteiger partial charge on any atom is -0.351 e.